The van der Waals surface area contributed by atoms with Gasteiger partial charge >= 0.3 is 0 Å². The fraction of sp³-hybridized carbons (Fsp3) is 0.292. The first-order chi connectivity index (χ1) is 16.4. The molecule has 0 saturated heterocycles. The van der Waals surface area contributed by atoms with Crippen molar-refractivity contribution >= 4 is 11.3 Å². The number of benzene rings is 2. The third kappa shape index (κ3) is 7.43. The average Bonchev–Trinajstić information content (AvgIpc) is 2.76. The van der Waals surface area contributed by atoms with Crippen molar-refractivity contribution in [1.29, 1.82) is 0 Å². The highest BCUT2D eigenvalue weighted by Gasteiger charge is 2.20. The summed E-state index contributed by atoms with van der Waals surface area (Å²) in [5.41, 5.74) is 0.0000427. The molecule has 2 N–H and O–H groups in total. The summed E-state index contributed by atoms with van der Waals surface area (Å²) < 4.78 is 64.4. The van der Waals surface area contributed by atoms with E-state index in [2.05, 4.69) is 4.72 Å². The molecule has 1 atom stereocenters. The van der Waals surface area contributed by atoms with E-state index in [1.165, 1.54) is 16.8 Å². The summed E-state index contributed by atoms with van der Waals surface area (Å²) >= 11 is -2.42. The second-order valence-corrected chi connectivity index (χ2v) is 9.25. The second kappa shape index (κ2) is 11.1. The minimum atomic E-state index is -2.42. The highest BCUT2D eigenvalue weighted by molar-refractivity contribution is 7.77. The zero-order valence-electron chi connectivity index (χ0n) is 19.3. The number of hydrogen-bond acceptors (Lipinski definition) is 6. The second-order valence-electron chi connectivity index (χ2n) is 8.49. The fourth-order valence-electron chi connectivity index (χ4n) is 3.18. The zero-order chi connectivity index (χ0) is 25.8. The molecule has 0 bridgehead atoms. The summed E-state index contributed by atoms with van der Waals surface area (Å²) in [5.74, 6) is -1.52. The molecule has 8 nitrogen and oxygen atoms in total. The lowest BCUT2D eigenvalue weighted by Gasteiger charge is -2.21. The van der Waals surface area contributed by atoms with E-state index in [0.717, 1.165) is 12.1 Å². The van der Waals surface area contributed by atoms with Gasteiger partial charge in [-0.15, -0.1) is 0 Å². The van der Waals surface area contributed by atoms with E-state index in [0.29, 0.717) is 29.2 Å². The molecule has 0 saturated carbocycles. The molecule has 2 aromatic carbocycles. The number of nitrogens with zero attached hydrogens (tertiary/aromatic N) is 1. The number of aliphatic hydroxyl groups is 1. The molecule has 0 spiro atoms. The maximum atomic E-state index is 14.3. The molecule has 0 aliphatic carbocycles. The number of aryl methyl sites for hydroxylation is 1. The minimum Gasteiger partial charge on any atom is -0.760 e. The molecule has 35 heavy (non-hydrogen) atoms. The normalized spacial score (nSPS) is 12.4. The predicted octanol–water partition coefficient (Wildman–Crippen LogP) is 3.20. The molecule has 3 aromatic rings. The first-order valence-electron chi connectivity index (χ1n) is 10.6. The van der Waals surface area contributed by atoms with Crippen LogP contribution >= 0.6 is 0 Å². The van der Waals surface area contributed by atoms with Crippen molar-refractivity contribution in [2.45, 2.75) is 25.9 Å². The Morgan fingerprint density at radius 2 is 1.80 bits per heavy atom. The van der Waals surface area contributed by atoms with E-state index in [4.69, 9.17) is 9.47 Å². The Morgan fingerprint density at radius 1 is 1.09 bits per heavy atom. The van der Waals surface area contributed by atoms with Crippen LogP contribution in [0.5, 0.6) is 17.2 Å². The molecule has 1 aromatic heterocycles. The van der Waals surface area contributed by atoms with E-state index in [1.54, 1.807) is 39.1 Å². The number of halogens is 2. The quantitative estimate of drug-likeness (QED) is 0.408. The number of rotatable bonds is 10. The van der Waals surface area contributed by atoms with E-state index in [9.17, 15) is 27.4 Å². The van der Waals surface area contributed by atoms with Crippen molar-refractivity contribution in [2.75, 3.05) is 13.2 Å². The highest BCUT2D eigenvalue weighted by atomic mass is 32.2. The van der Waals surface area contributed by atoms with E-state index < -0.39 is 28.5 Å². The number of hydrogen-bond donors (Lipinski definition) is 2. The van der Waals surface area contributed by atoms with Crippen LogP contribution in [0.1, 0.15) is 19.4 Å². The first kappa shape index (κ1) is 26.5. The summed E-state index contributed by atoms with van der Waals surface area (Å²) in [6.45, 7) is 3.12. The molecule has 1 unspecified atom stereocenters. The SMILES string of the molecule is Cn1cc(-c2cc(CCNS(=O)[O-])ccc2Oc2ccc(F)cc2F)c(OCC(C)(C)O)cc1=O. The molecule has 11 heteroatoms. The van der Waals surface area contributed by atoms with Gasteiger partial charge in [0, 0.05) is 54.3 Å². The molecular formula is C24H25F2N2O6S-. The van der Waals surface area contributed by atoms with Crippen LogP contribution in [-0.2, 0) is 24.7 Å². The van der Waals surface area contributed by atoms with Crippen molar-refractivity contribution < 1.29 is 32.1 Å². The Morgan fingerprint density at radius 3 is 2.46 bits per heavy atom. The molecule has 1 heterocycles. The molecule has 0 fully saturated rings. The van der Waals surface area contributed by atoms with E-state index in [1.807, 2.05) is 0 Å². The highest BCUT2D eigenvalue weighted by Crippen LogP contribution is 2.39. The van der Waals surface area contributed by atoms with Crippen LogP contribution in [0.3, 0.4) is 0 Å². The fourth-order valence-corrected chi connectivity index (χ4v) is 3.44. The smallest absolute Gasteiger partial charge is 0.254 e. The van der Waals surface area contributed by atoms with Gasteiger partial charge in [0.1, 0.15) is 23.9 Å². The predicted molar refractivity (Wildman–Crippen MR) is 126 cm³/mol. The lowest BCUT2D eigenvalue weighted by atomic mass is 10.0. The number of ether oxygens (including phenoxy) is 2. The third-order valence-electron chi connectivity index (χ3n) is 4.85. The van der Waals surface area contributed by atoms with Crippen LogP contribution in [0, 0.1) is 11.6 Å². The van der Waals surface area contributed by atoms with Crippen LogP contribution in [0.25, 0.3) is 11.1 Å². The van der Waals surface area contributed by atoms with Gasteiger partial charge < -0.3 is 23.7 Å². The van der Waals surface area contributed by atoms with Gasteiger partial charge in [0.15, 0.2) is 11.6 Å². The van der Waals surface area contributed by atoms with Crippen LogP contribution in [0.4, 0.5) is 8.78 Å². The van der Waals surface area contributed by atoms with Gasteiger partial charge in [-0.3, -0.25) is 9.00 Å². The monoisotopic (exact) mass is 507 g/mol. The molecule has 188 valence electrons. The Hall–Kier alpha value is -3.12. The number of pyridine rings is 1. The summed E-state index contributed by atoms with van der Waals surface area (Å²) in [4.78, 5) is 12.3. The van der Waals surface area contributed by atoms with E-state index >= 15 is 0 Å². The Bertz CT molecular complexity index is 1290. The van der Waals surface area contributed by atoms with Gasteiger partial charge in [-0.1, -0.05) is 6.07 Å². The standard InChI is InChI=1S/C24H26F2N2O6S/c1-24(2,30)14-33-22-12-23(29)28(3)13-18(22)17-10-15(8-9-27-35(31)32)4-6-20(17)34-21-7-5-16(25)11-19(21)26/h4-7,10-13,27,30H,8-9,14H2,1-3H3,(H,31,32)/p-1. The zero-order valence-corrected chi connectivity index (χ0v) is 20.2. The molecule has 0 aliphatic heterocycles. The number of nitrogens with one attached hydrogen (secondary N) is 1. The topological polar surface area (TPSA) is 113 Å². The molecule has 0 amide bonds. The molecule has 3 rings (SSSR count). The van der Waals surface area contributed by atoms with Gasteiger partial charge in [-0.05, 0) is 50.1 Å². The van der Waals surface area contributed by atoms with Crippen LogP contribution in [-0.4, -0.2) is 37.2 Å². The largest absolute Gasteiger partial charge is 0.760 e. The van der Waals surface area contributed by atoms with Crippen molar-refractivity contribution in [3.63, 3.8) is 0 Å². The van der Waals surface area contributed by atoms with E-state index in [-0.39, 0.29) is 36.0 Å². The van der Waals surface area contributed by atoms with Gasteiger partial charge in [-0.2, -0.15) is 0 Å². The third-order valence-corrected chi connectivity index (χ3v) is 5.29. The van der Waals surface area contributed by atoms with Crippen molar-refractivity contribution in [1.82, 2.24) is 9.29 Å². The van der Waals surface area contributed by atoms with Crippen molar-refractivity contribution in [2.24, 2.45) is 7.05 Å². The summed E-state index contributed by atoms with van der Waals surface area (Å²) in [7, 11) is 1.54. The van der Waals surface area contributed by atoms with Crippen molar-refractivity contribution in [3.8, 4) is 28.4 Å². The van der Waals surface area contributed by atoms with Crippen LogP contribution in [0.15, 0.2) is 53.5 Å². The first-order valence-corrected chi connectivity index (χ1v) is 11.7. The number of aromatic nitrogens is 1. The van der Waals surface area contributed by atoms with Crippen LogP contribution < -0.4 is 19.8 Å². The Balaban J connectivity index is 2.11. The molecular weight excluding hydrogens is 482 g/mol. The Kier molecular flexibility index (Phi) is 8.39. The van der Waals surface area contributed by atoms with Gasteiger partial charge in [0.05, 0.1) is 5.60 Å². The Labute approximate surface area is 203 Å². The van der Waals surface area contributed by atoms with Crippen molar-refractivity contribution in [3.05, 3.63) is 76.2 Å². The molecule has 0 radical (unpaired) electrons. The minimum absolute atomic E-state index is 0.116. The lowest BCUT2D eigenvalue weighted by molar-refractivity contribution is 0.0286. The maximum absolute atomic E-state index is 14.3. The summed E-state index contributed by atoms with van der Waals surface area (Å²) in [6, 6.07) is 9.11. The van der Waals surface area contributed by atoms with Gasteiger partial charge in [-0.25, -0.2) is 13.5 Å². The summed E-state index contributed by atoms with van der Waals surface area (Å²) in [6.07, 6.45) is 1.85. The van der Waals surface area contributed by atoms with Crippen LogP contribution in [0.2, 0.25) is 0 Å². The lowest BCUT2D eigenvalue weighted by Crippen LogP contribution is -2.28. The van der Waals surface area contributed by atoms with Gasteiger partial charge in [0.2, 0.25) is 0 Å². The molecule has 0 aliphatic rings. The van der Waals surface area contributed by atoms with Gasteiger partial charge in [0.25, 0.3) is 5.56 Å². The summed E-state index contributed by atoms with van der Waals surface area (Å²) in [5, 5.41) is 10.1. The average molecular weight is 508 g/mol. The maximum Gasteiger partial charge on any atom is 0.254 e.